The summed E-state index contributed by atoms with van der Waals surface area (Å²) in [5, 5.41) is 8.27. The van der Waals surface area contributed by atoms with Crippen molar-refractivity contribution in [2.24, 2.45) is 0 Å². The zero-order valence-electron chi connectivity index (χ0n) is 7.84. The summed E-state index contributed by atoms with van der Waals surface area (Å²) in [4.78, 5) is 44.8. The SMILES string of the molecule is CN1C(=O)C(=O)N(C/C=C/C(=O)O)C1=O. The first kappa shape index (κ1) is 10.9. The number of likely N-dealkylation sites (N-methyl/N-ethyl adjacent to an activating group) is 1. The van der Waals surface area contributed by atoms with Crippen molar-refractivity contribution in [2.75, 3.05) is 13.6 Å². The molecule has 0 radical (unpaired) electrons. The van der Waals surface area contributed by atoms with E-state index in [0.717, 1.165) is 12.2 Å². The van der Waals surface area contributed by atoms with E-state index in [4.69, 9.17) is 5.11 Å². The van der Waals surface area contributed by atoms with Crippen molar-refractivity contribution < 1.29 is 24.3 Å². The van der Waals surface area contributed by atoms with Crippen LogP contribution in [0.25, 0.3) is 0 Å². The molecule has 0 bridgehead atoms. The molecule has 0 aromatic carbocycles. The Hall–Kier alpha value is -2.18. The van der Waals surface area contributed by atoms with E-state index >= 15 is 0 Å². The number of amides is 4. The van der Waals surface area contributed by atoms with E-state index in [-0.39, 0.29) is 6.54 Å². The van der Waals surface area contributed by atoms with Crippen molar-refractivity contribution in [3.05, 3.63) is 12.2 Å². The normalized spacial score (nSPS) is 17.0. The molecule has 1 fully saturated rings. The molecule has 0 aliphatic carbocycles. The Morgan fingerprint density at radius 1 is 1.33 bits per heavy atom. The smallest absolute Gasteiger partial charge is 0.334 e. The molecule has 1 aliphatic rings. The van der Waals surface area contributed by atoms with E-state index in [1.54, 1.807) is 0 Å². The van der Waals surface area contributed by atoms with Crippen molar-refractivity contribution in [3.63, 3.8) is 0 Å². The molecule has 1 heterocycles. The molecule has 0 aromatic heterocycles. The minimum atomic E-state index is -1.19. The summed E-state index contributed by atoms with van der Waals surface area (Å²) in [6, 6.07) is -0.750. The first-order valence-electron chi connectivity index (χ1n) is 3.98. The minimum Gasteiger partial charge on any atom is -0.478 e. The molecule has 7 nitrogen and oxygen atoms in total. The van der Waals surface area contributed by atoms with Crippen LogP contribution in [0.15, 0.2) is 12.2 Å². The van der Waals surface area contributed by atoms with Gasteiger partial charge in [-0.25, -0.2) is 9.59 Å². The Balaban J connectivity index is 2.72. The summed E-state index contributed by atoms with van der Waals surface area (Å²) in [6.45, 7) is -0.222. The third kappa shape index (κ3) is 2.01. The van der Waals surface area contributed by atoms with Gasteiger partial charge in [-0.1, -0.05) is 6.08 Å². The van der Waals surface area contributed by atoms with Crippen LogP contribution in [0.2, 0.25) is 0 Å². The van der Waals surface area contributed by atoms with E-state index < -0.39 is 23.8 Å². The summed E-state index contributed by atoms with van der Waals surface area (Å²) in [5.41, 5.74) is 0. The number of hydrogen-bond donors (Lipinski definition) is 1. The second kappa shape index (κ2) is 3.91. The highest BCUT2D eigenvalue weighted by Gasteiger charge is 2.41. The molecule has 15 heavy (non-hydrogen) atoms. The van der Waals surface area contributed by atoms with Gasteiger partial charge in [-0.3, -0.25) is 19.4 Å². The average Bonchev–Trinajstić information content (AvgIpc) is 2.34. The van der Waals surface area contributed by atoms with Crippen molar-refractivity contribution in [1.29, 1.82) is 0 Å². The van der Waals surface area contributed by atoms with Gasteiger partial charge in [0.2, 0.25) is 0 Å². The third-order valence-electron chi connectivity index (χ3n) is 1.80. The molecule has 1 rings (SSSR count). The molecule has 4 amide bonds. The maximum absolute atomic E-state index is 11.2. The maximum atomic E-state index is 11.2. The monoisotopic (exact) mass is 212 g/mol. The number of aliphatic carboxylic acids is 1. The molecule has 0 saturated carbocycles. The summed E-state index contributed by atoms with van der Waals surface area (Å²) >= 11 is 0. The Labute approximate surface area is 84.6 Å². The number of hydrogen-bond acceptors (Lipinski definition) is 4. The second-order valence-corrected chi connectivity index (χ2v) is 2.80. The fourth-order valence-corrected chi connectivity index (χ4v) is 1.03. The molecular weight excluding hydrogens is 204 g/mol. The van der Waals surface area contributed by atoms with Crippen LogP contribution in [-0.2, 0) is 14.4 Å². The highest BCUT2D eigenvalue weighted by molar-refractivity contribution is 6.44. The number of urea groups is 1. The van der Waals surface area contributed by atoms with Crippen molar-refractivity contribution >= 4 is 23.8 Å². The fraction of sp³-hybridized carbons (Fsp3) is 0.250. The largest absolute Gasteiger partial charge is 0.478 e. The topological polar surface area (TPSA) is 95.0 Å². The number of imide groups is 2. The molecule has 7 heteroatoms. The van der Waals surface area contributed by atoms with Crippen molar-refractivity contribution in [3.8, 4) is 0 Å². The van der Waals surface area contributed by atoms with Gasteiger partial charge in [-0.2, -0.15) is 0 Å². The molecule has 80 valence electrons. The lowest BCUT2D eigenvalue weighted by molar-refractivity contribution is -0.142. The number of nitrogens with zero attached hydrogens (tertiary/aromatic N) is 2. The number of carboxylic acids is 1. The lowest BCUT2D eigenvalue weighted by atomic mass is 10.4. The molecule has 1 saturated heterocycles. The average molecular weight is 212 g/mol. The number of carboxylic acid groups (broad SMARTS) is 1. The Kier molecular flexibility index (Phi) is 2.84. The molecule has 1 N–H and O–H groups in total. The Morgan fingerprint density at radius 2 is 1.93 bits per heavy atom. The van der Waals surface area contributed by atoms with Crippen LogP contribution in [0.5, 0.6) is 0 Å². The van der Waals surface area contributed by atoms with E-state index in [9.17, 15) is 19.2 Å². The number of rotatable bonds is 3. The van der Waals surface area contributed by atoms with Crippen LogP contribution in [-0.4, -0.2) is 52.3 Å². The highest BCUT2D eigenvalue weighted by Crippen LogP contribution is 2.08. The van der Waals surface area contributed by atoms with Crippen LogP contribution >= 0.6 is 0 Å². The summed E-state index contributed by atoms with van der Waals surface area (Å²) < 4.78 is 0. The van der Waals surface area contributed by atoms with Gasteiger partial charge in [0.05, 0.1) is 0 Å². The quantitative estimate of drug-likeness (QED) is 0.369. The summed E-state index contributed by atoms with van der Waals surface area (Å²) in [6.07, 6.45) is 1.91. The zero-order valence-corrected chi connectivity index (χ0v) is 7.84. The predicted molar refractivity (Wildman–Crippen MR) is 46.7 cm³/mol. The van der Waals surface area contributed by atoms with Gasteiger partial charge >= 0.3 is 23.8 Å². The van der Waals surface area contributed by atoms with Gasteiger partial charge in [0.25, 0.3) is 0 Å². The van der Waals surface area contributed by atoms with E-state index in [1.165, 1.54) is 7.05 Å². The van der Waals surface area contributed by atoms with Gasteiger partial charge in [0.15, 0.2) is 0 Å². The standard InChI is InChI=1S/C8H8N2O5/c1-9-6(13)7(14)10(8(9)15)4-2-3-5(11)12/h2-3H,4H2,1H3,(H,11,12)/b3-2+. The van der Waals surface area contributed by atoms with Gasteiger partial charge in [-0.05, 0) is 0 Å². The third-order valence-corrected chi connectivity index (χ3v) is 1.80. The van der Waals surface area contributed by atoms with Crippen LogP contribution in [0.3, 0.4) is 0 Å². The van der Waals surface area contributed by atoms with Gasteiger partial charge in [-0.15, -0.1) is 0 Å². The van der Waals surface area contributed by atoms with Crippen LogP contribution in [0, 0.1) is 0 Å². The van der Waals surface area contributed by atoms with Crippen LogP contribution in [0.1, 0.15) is 0 Å². The molecule has 0 aromatic rings. The van der Waals surface area contributed by atoms with E-state index in [1.807, 2.05) is 0 Å². The number of carbonyl (C=O) groups excluding carboxylic acids is 3. The van der Waals surface area contributed by atoms with Crippen molar-refractivity contribution in [2.45, 2.75) is 0 Å². The van der Waals surface area contributed by atoms with Gasteiger partial charge in [0, 0.05) is 19.7 Å². The maximum Gasteiger partial charge on any atom is 0.334 e. The van der Waals surface area contributed by atoms with Crippen LogP contribution < -0.4 is 0 Å². The first-order valence-corrected chi connectivity index (χ1v) is 3.98. The lowest BCUT2D eigenvalue weighted by Crippen LogP contribution is -2.31. The van der Waals surface area contributed by atoms with Crippen molar-refractivity contribution in [1.82, 2.24) is 9.80 Å². The fourth-order valence-electron chi connectivity index (χ4n) is 1.03. The molecule has 0 atom stereocenters. The molecular formula is C8H8N2O5. The lowest BCUT2D eigenvalue weighted by Gasteiger charge is -2.08. The van der Waals surface area contributed by atoms with Crippen LogP contribution in [0.4, 0.5) is 4.79 Å². The Morgan fingerprint density at radius 3 is 2.33 bits per heavy atom. The van der Waals surface area contributed by atoms with E-state index in [0.29, 0.717) is 9.80 Å². The minimum absolute atomic E-state index is 0.222. The highest BCUT2D eigenvalue weighted by atomic mass is 16.4. The molecule has 0 spiro atoms. The van der Waals surface area contributed by atoms with E-state index in [2.05, 4.69) is 0 Å². The first-order chi connectivity index (χ1) is 6.95. The molecule has 1 aliphatic heterocycles. The summed E-state index contributed by atoms with van der Waals surface area (Å²) in [7, 11) is 1.18. The summed E-state index contributed by atoms with van der Waals surface area (Å²) in [5.74, 6) is -3.05. The second-order valence-electron chi connectivity index (χ2n) is 2.80. The molecule has 0 unspecified atom stereocenters. The zero-order chi connectivity index (χ0) is 11.6. The van der Waals surface area contributed by atoms with Gasteiger partial charge < -0.3 is 5.11 Å². The Bertz CT molecular complexity index is 373. The number of carbonyl (C=O) groups is 4. The van der Waals surface area contributed by atoms with Gasteiger partial charge in [0.1, 0.15) is 0 Å². The predicted octanol–water partition coefficient (Wildman–Crippen LogP) is -0.952.